The average Bonchev–Trinajstić information content (AvgIpc) is 2.57. The Balaban J connectivity index is 2.53. The van der Waals surface area contributed by atoms with E-state index in [1.807, 2.05) is 24.4 Å². The van der Waals surface area contributed by atoms with E-state index in [0.29, 0.717) is 0 Å². The fourth-order valence-electron chi connectivity index (χ4n) is 1.38. The monoisotopic (exact) mass is 207 g/mol. The Hall–Kier alpha value is -1.35. The Kier molecular flexibility index (Phi) is 2.25. The second-order valence-electron chi connectivity index (χ2n) is 3.13. The van der Waals surface area contributed by atoms with Crippen molar-refractivity contribution in [2.24, 2.45) is 0 Å². The third-order valence-electron chi connectivity index (χ3n) is 2.17. The molecule has 0 amide bonds. The van der Waals surface area contributed by atoms with Gasteiger partial charge in [0.25, 0.3) is 0 Å². The van der Waals surface area contributed by atoms with Crippen LogP contribution in [0.5, 0.6) is 0 Å². The van der Waals surface area contributed by atoms with Gasteiger partial charge in [-0.15, -0.1) is 11.3 Å². The first-order valence-corrected chi connectivity index (χ1v) is 5.16. The zero-order valence-electron chi connectivity index (χ0n) is 7.75. The Bertz CT molecular complexity index is 462. The number of hydrogen-bond donors (Lipinski definition) is 1. The number of anilines is 1. The van der Waals surface area contributed by atoms with Crippen LogP contribution in [0.25, 0.3) is 11.1 Å². The highest BCUT2D eigenvalue weighted by Gasteiger charge is 2.05. The molecule has 0 aliphatic carbocycles. The second-order valence-corrected chi connectivity index (χ2v) is 4.25. The molecule has 0 radical (unpaired) electrons. The molecule has 0 fully saturated rings. The van der Waals surface area contributed by atoms with Crippen LogP contribution in [0.1, 0.15) is 4.88 Å². The summed E-state index contributed by atoms with van der Waals surface area (Å²) >= 11 is 1.66. The zero-order chi connectivity index (χ0) is 10.1. The highest BCUT2D eigenvalue weighted by Crippen LogP contribution is 2.28. The molecule has 1 aromatic carbocycles. The molecule has 1 aromatic heterocycles. The van der Waals surface area contributed by atoms with Crippen molar-refractivity contribution >= 4 is 17.0 Å². The number of rotatable bonds is 1. The van der Waals surface area contributed by atoms with E-state index in [1.165, 1.54) is 10.9 Å². The van der Waals surface area contributed by atoms with Gasteiger partial charge >= 0.3 is 0 Å². The normalized spacial score (nSPS) is 10.4. The molecule has 0 aliphatic heterocycles. The number of hydrogen-bond acceptors (Lipinski definition) is 2. The minimum atomic E-state index is -0.354. The summed E-state index contributed by atoms with van der Waals surface area (Å²) in [5.41, 5.74) is 7.57. The van der Waals surface area contributed by atoms with Gasteiger partial charge in [-0.05, 0) is 41.6 Å². The van der Waals surface area contributed by atoms with Crippen LogP contribution in [0.4, 0.5) is 10.1 Å². The quantitative estimate of drug-likeness (QED) is 0.712. The molecule has 0 saturated carbocycles. The minimum absolute atomic E-state index is 0.196. The van der Waals surface area contributed by atoms with Gasteiger partial charge in [0.1, 0.15) is 5.82 Å². The third kappa shape index (κ3) is 1.51. The highest BCUT2D eigenvalue weighted by molar-refractivity contribution is 7.10. The lowest BCUT2D eigenvalue weighted by molar-refractivity contribution is 0.633. The molecule has 0 saturated heterocycles. The zero-order valence-corrected chi connectivity index (χ0v) is 8.57. The first kappa shape index (κ1) is 9.21. The first-order chi connectivity index (χ1) is 6.68. The van der Waals surface area contributed by atoms with Gasteiger partial charge in [0, 0.05) is 4.88 Å². The Labute approximate surface area is 86.0 Å². The van der Waals surface area contributed by atoms with E-state index in [4.69, 9.17) is 5.73 Å². The molecule has 0 atom stereocenters. The van der Waals surface area contributed by atoms with E-state index in [0.717, 1.165) is 11.1 Å². The first-order valence-electron chi connectivity index (χ1n) is 4.28. The molecule has 2 N–H and O–H groups in total. The van der Waals surface area contributed by atoms with Crippen LogP contribution in [0.2, 0.25) is 0 Å². The summed E-state index contributed by atoms with van der Waals surface area (Å²) in [4.78, 5) is 1.19. The van der Waals surface area contributed by atoms with E-state index in [1.54, 1.807) is 17.4 Å². The molecule has 0 bridgehead atoms. The SMILES string of the molecule is Cc1sccc1-c1ccc(N)c(F)c1. The van der Waals surface area contributed by atoms with Gasteiger partial charge in [0.2, 0.25) is 0 Å². The number of nitrogens with two attached hydrogens (primary N) is 1. The van der Waals surface area contributed by atoms with Crippen molar-refractivity contribution in [3.8, 4) is 11.1 Å². The molecule has 1 nitrogen and oxygen atoms in total. The maximum Gasteiger partial charge on any atom is 0.146 e. The molecular formula is C11H10FNS. The van der Waals surface area contributed by atoms with E-state index in [9.17, 15) is 4.39 Å². The van der Waals surface area contributed by atoms with E-state index in [-0.39, 0.29) is 11.5 Å². The number of nitrogen functional groups attached to an aromatic ring is 1. The van der Waals surface area contributed by atoms with Gasteiger partial charge < -0.3 is 5.73 Å². The Morgan fingerprint density at radius 1 is 1.29 bits per heavy atom. The van der Waals surface area contributed by atoms with Crippen LogP contribution >= 0.6 is 11.3 Å². The summed E-state index contributed by atoms with van der Waals surface area (Å²) < 4.78 is 13.2. The van der Waals surface area contributed by atoms with E-state index >= 15 is 0 Å². The third-order valence-corrected chi connectivity index (χ3v) is 3.02. The van der Waals surface area contributed by atoms with Crippen LogP contribution in [0.3, 0.4) is 0 Å². The van der Waals surface area contributed by atoms with Crippen LogP contribution in [0.15, 0.2) is 29.6 Å². The molecule has 0 spiro atoms. The van der Waals surface area contributed by atoms with Gasteiger partial charge in [-0.1, -0.05) is 6.07 Å². The fourth-order valence-corrected chi connectivity index (χ4v) is 2.10. The number of aryl methyl sites for hydroxylation is 1. The van der Waals surface area contributed by atoms with Crippen molar-refractivity contribution in [1.82, 2.24) is 0 Å². The molecule has 1 heterocycles. The topological polar surface area (TPSA) is 26.0 Å². The van der Waals surface area contributed by atoms with Crippen molar-refractivity contribution in [3.63, 3.8) is 0 Å². The Morgan fingerprint density at radius 3 is 2.64 bits per heavy atom. The molecule has 0 aliphatic rings. The fraction of sp³-hybridized carbons (Fsp3) is 0.0909. The molecule has 72 valence electrons. The molecule has 14 heavy (non-hydrogen) atoms. The van der Waals surface area contributed by atoms with Crippen LogP contribution in [-0.2, 0) is 0 Å². The van der Waals surface area contributed by atoms with Crippen molar-refractivity contribution in [3.05, 3.63) is 40.3 Å². The largest absolute Gasteiger partial charge is 0.396 e. The van der Waals surface area contributed by atoms with Crippen LogP contribution in [0, 0.1) is 12.7 Å². The van der Waals surface area contributed by atoms with Crippen molar-refractivity contribution in [2.45, 2.75) is 6.92 Å². The molecular weight excluding hydrogens is 197 g/mol. The lowest BCUT2D eigenvalue weighted by Crippen LogP contribution is -1.90. The number of halogens is 1. The minimum Gasteiger partial charge on any atom is -0.396 e. The lowest BCUT2D eigenvalue weighted by Gasteiger charge is -2.02. The lowest BCUT2D eigenvalue weighted by atomic mass is 10.1. The number of thiophene rings is 1. The molecule has 0 unspecified atom stereocenters. The molecule has 2 rings (SSSR count). The predicted molar refractivity (Wildman–Crippen MR) is 58.9 cm³/mol. The van der Waals surface area contributed by atoms with Crippen molar-refractivity contribution in [2.75, 3.05) is 5.73 Å². The van der Waals surface area contributed by atoms with Crippen LogP contribution < -0.4 is 5.73 Å². The van der Waals surface area contributed by atoms with E-state index < -0.39 is 0 Å². The molecule has 2 aromatic rings. The van der Waals surface area contributed by atoms with Crippen molar-refractivity contribution in [1.29, 1.82) is 0 Å². The van der Waals surface area contributed by atoms with Gasteiger partial charge in [-0.2, -0.15) is 0 Å². The summed E-state index contributed by atoms with van der Waals surface area (Å²) in [6.07, 6.45) is 0. The summed E-state index contributed by atoms with van der Waals surface area (Å²) in [5, 5.41) is 2.00. The average molecular weight is 207 g/mol. The van der Waals surface area contributed by atoms with Gasteiger partial charge in [-0.3, -0.25) is 0 Å². The number of benzene rings is 1. The molecule has 3 heteroatoms. The van der Waals surface area contributed by atoms with Gasteiger partial charge in [0.15, 0.2) is 0 Å². The predicted octanol–water partition coefficient (Wildman–Crippen LogP) is 3.44. The summed E-state index contributed by atoms with van der Waals surface area (Å²) in [5.74, 6) is -0.354. The highest BCUT2D eigenvalue weighted by atomic mass is 32.1. The maximum absolute atomic E-state index is 13.2. The second kappa shape index (κ2) is 3.42. The summed E-state index contributed by atoms with van der Waals surface area (Å²) in [6.45, 7) is 2.02. The maximum atomic E-state index is 13.2. The smallest absolute Gasteiger partial charge is 0.146 e. The van der Waals surface area contributed by atoms with Crippen LogP contribution in [-0.4, -0.2) is 0 Å². The van der Waals surface area contributed by atoms with Gasteiger partial charge in [0.05, 0.1) is 5.69 Å². The summed E-state index contributed by atoms with van der Waals surface area (Å²) in [7, 11) is 0. The standard InChI is InChI=1S/C11H10FNS/c1-7-9(4-5-14-7)8-2-3-11(13)10(12)6-8/h2-6H,13H2,1H3. The van der Waals surface area contributed by atoms with Gasteiger partial charge in [-0.25, -0.2) is 4.39 Å². The summed E-state index contributed by atoms with van der Waals surface area (Å²) in [6, 6.07) is 6.91. The van der Waals surface area contributed by atoms with E-state index in [2.05, 4.69) is 0 Å². The Morgan fingerprint density at radius 2 is 2.07 bits per heavy atom. The van der Waals surface area contributed by atoms with Crippen molar-refractivity contribution < 1.29 is 4.39 Å².